The molecule has 0 saturated heterocycles. The molecule has 0 aliphatic carbocycles. The summed E-state index contributed by atoms with van der Waals surface area (Å²) in [6.45, 7) is 0.267. The second-order valence-electron chi connectivity index (χ2n) is 8.06. The lowest BCUT2D eigenvalue weighted by Crippen LogP contribution is -2.63. The molecule has 0 atom stereocenters. The van der Waals surface area contributed by atoms with Crippen molar-refractivity contribution in [3.63, 3.8) is 0 Å². The molecule has 0 radical (unpaired) electrons. The Hall–Kier alpha value is -3.15. The third-order valence-corrected chi connectivity index (χ3v) is 5.27. The van der Waals surface area contributed by atoms with Crippen LogP contribution in [0.5, 0.6) is 5.75 Å². The lowest BCUT2D eigenvalue weighted by molar-refractivity contribution is -0.387. The second kappa shape index (κ2) is 8.81. The lowest BCUT2D eigenvalue weighted by Gasteiger charge is -2.38. The number of halogens is 9. The maximum Gasteiger partial charge on any atom is 0.416 e. The summed E-state index contributed by atoms with van der Waals surface area (Å²) in [6, 6.07) is 9.06. The number of hydrogen-bond donors (Lipinski definition) is 1. The standard InChI is InChI=1S/C23H18F9NO2/c1-33(2)12-17-11-18(14-4-3-5-16(34)10-14)19(35-17)13-6-8-15(9-7-13)20(21(24,25)26,22(27,28)29)23(30,31)32/h3-11,34H,12H2,1-2H3. The van der Waals surface area contributed by atoms with Gasteiger partial charge < -0.3 is 14.4 Å². The molecule has 0 unspecified atom stereocenters. The molecule has 1 aromatic heterocycles. The predicted molar refractivity (Wildman–Crippen MR) is 108 cm³/mol. The van der Waals surface area contributed by atoms with Crippen LogP contribution in [0.3, 0.4) is 0 Å². The molecule has 0 saturated carbocycles. The van der Waals surface area contributed by atoms with Crippen LogP contribution in [-0.4, -0.2) is 42.6 Å². The summed E-state index contributed by atoms with van der Waals surface area (Å²) in [4.78, 5) is 1.72. The second-order valence-corrected chi connectivity index (χ2v) is 8.06. The van der Waals surface area contributed by atoms with E-state index < -0.39 is 29.5 Å². The van der Waals surface area contributed by atoms with Crippen molar-refractivity contribution in [1.82, 2.24) is 4.90 Å². The highest BCUT2D eigenvalue weighted by atomic mass is 19.4. The summed E-state index contributed by atoms with van der Waals surface area (Å²) in [5.74, 6) is 0.239. The van der Waals surface area contributed by atoms with Crippen molar-refractivity contribution in [3.05, 3.63) is 65.9 Å². The minimum Gasteiger partial charge on any atom is -0.508 e. The van der Waals surface area contributed by atoms with Gasteiger partial charge in [-0.05, 0) is 43.4 Å². The van der Waals surface area contributed by atoms with Crippen molar-refractivity contribution in [2.45, 2.75) is 30.5 Å². The molecule has 0 fully saturated rings. The molecule has 3 aromatic rings. The smallest absolute Gasteiger partial charge is 0.416 e. The van der Waals surface area contributed by atoms with E-state index in [2.05, 4.69) is 0 Å². The van der Waals surface area contributed by atoms with Crippen molar-refractivity contribution in [2.24, 2.45) is 0 Å². The quantitative estimate of drug-likeness (QED) is 0.365. The van der Waals surface area contributed by atoms with Crippen molar-refractivity contribution in [2.75, 3.05) is 14.1 Å². The Morgan fingerprint density at radius 3 is 1.74 bits per heavy atom. The molecule has 2 aromatic carbocycles. The van der Waals surface area contributed by atoms with Crippen LogP contribution >= 0.6 is 0 Å². The maximum atomic E-state index is 13.4. The summed E-state index contributed by atoms with van der Waals surface area (Å²) in [6.07, 6.45) is -20.1. The molecule has 12 heteroatoms. The van der Waals surface area contributed by atoms with E-state index in [0.29, 0.717) is 29.0 Å². The molecular weight excluding hydrogens is 493 g/mol. The Balaban J connectivity index is 2.20. The first-order valence-electron chi connectivity index (χ1n) is 9.87. The van der Waals surface area contributed by atoms with Gasteiger partial charge in [-0.1, -0.05) is 36.4 Å². The highest BCUT2D eigenvalue weighted by Gasteiger charge is 2.84. The zero-order chi connectivity index (χ0) is 26.4. The van der Waals surface area contributed by atoms with Crippen LogP contribution in [0.4, 0.5) is 39.5 Å². The molecular formula is C23H18F9NO2. The summed E-state index contributed by atoms with van der Waals surface area (Å²) in [5, 5.41) is 9.78. The fourth-order valence-electron chi connectivity index (χ4n) is 3.78. The summed E-state index contributed by atoms with van der Waals surface area (Å²) in [5.41, 5.74) is -7.41. The third kappa shape index (κ3) is 4.71. The molecule has 3 nitrogen and oxygen atoms in total. The molecule has 0 aliphatic heterocycles. The van der Waals surface area contributed by atoms with Gasteiger partial charge in [0.05, 0.1) is 6.54 Å². The van der Waals surface area contributed by atoms with Crippen molar-refractivity contribution in [3.8, 4) is 28.2 Å². The normalized spacial score (nSPS) is 13.5. The molecule has 1 N–H and O–H groups in total. The number of phenolic OH excluding ortho intramolecular Hbond substituents is 1. The molecule has 0 spiro atoms. The number of hydrogen-bond acceptors (Lipinski definition) is 3. The number of alkyl halides is 9. The van der Waals surface area contributed by atoms with Gasteiger partial charge in [-0.25, -0.2) is 0 Å². The Labute approximate surface area is 193 Å². The Morgan fingerprint density at radius 2 is 1.29 bits per heavy atom. The summed E-state index contributed by atoms with van der Waals surface area (Å²) < 4.78 is 127. The molecule has 3 rings (SSSR count). The number of nitrogens with zero attached hydrogens (tertiary/aromatic N) is 1. The zero-order valence-corrected chi connectivity index (χ0v) is 18.1. The average molecular weight is 511 g/mol. The number of furan rings is 1. The van der Waals surface area contributed by atoms with Gasteiger partial charge in [-0.15, -0.1) is 0 Å². The van der Waals surface area contributed by atoms with E-state index in [4.69, 9.17) is 4.42 Å². The van der Waals surface area contributed by atoms with Gasteiger partial charge in [0.25, 0.3) is 5.41 Å². The van der Waals surface area contributed by atoms with Gasteiger partial charge in [0.15, 0.2) is 0 Å². The van der Waals surface area contributed by atoms with Gasteiger partial charge in [-0.2, -0.15) is 39.5 Å². The number of phenols is 1. The molecule has 0 amide bonds. The first kappa shape index (κ1) is 26.5. The topological polar surface area (TPSA) is 36.6 Å². The van der Waals surface area contributed by atoms with Crippen LogP contribution in [0, 0.1) is 0 Å². The van der Waals surface area contributed by atoms with E-state index in [9.17, 15) is 44.6 Å². The fourth-order valence-corrected chi connectivity index (χ4v) is 3.78. The van der Waals surface area contributed by atoms with Crippen LogP contribution < -0.4 is 0 Å². The number of aromatic hydroxyl groups is 1. The molecule has 0 aliphatic rings. The summed E-state index contributed by atoms with van der Waals surface area (Å²) in [7, 11) is 3.44. The highest BCUT2D eigenvalue weighted by Crippen LogP contribution is 2.60. The molecule has 0 bridgehead atoms. The Kier molecular flexibility index (Phi) is 6.66. The van der Waals surface area contributed by atoms with Crippen LogP contribution in [0.25, 0.3) is 22.5 Å². The van der Waals surface area contributed by atoms with Crippen molar-refractivity contribution in [1.29, 1.82) is 0 Å². The van der Waals surface area contributed by atoms with E-state index in [-0.39, 0.29) is 35.8 Å². The Morgan fingerprint density at radius 1 is 0.743 bits per heavy atom. The van der Waals surface area contributed by atoms with Crippen LogP contribution in [-0.2, 0) is 12.0 Å². The minimum atomic E-state index is -6.71. The van der Waals surface area contributed by atoms with E-state index in [1.165, 1.54) is 18.2 Å². The van der Waals surface area contributed by atoms with Crippen LogP contribution in [0.1, 0.15) is 11.3 Å². The third-order valence-electron chi connectivity index (χ3n) is 5.27. The molecule has 1 heterocycles. The van der Waals surface area contributed by atoms with Gasteiger partial charge >= 0.3 is 18.5 Å². The van der Waals surface area contributed by atoms with E-state index in [0.717, 1.165) is 0 Å². The number of benzene rings is 2. The number of rotatable bonds is 5. The highest BCUT2D eigenvalue weighted by molar-refractivity contribution is 5.81. The zero-order valence-electron chi connectivity index (χ0n) is 18.1. The van der Waals surface area contributed by atoms with Gasteiger partial charge in [0.2, 0.25) is 0 Å². The average Bonchev–Trinajstić information content (AvgIpc) is 3.08. The lowest BCUT2D eigenvalue weighted by atomic mass is 9.77. The van der Waals surface area contributed by atoms with Gasteiger partial charge in [0.1, 0.15) is 17.3 Å². The van der Waals surface area contributed by atoms with E-state index in [1.807, 2.05) is 0 Å². The van der Waals surface area contributed by atoms with Crippen LogP contribution in [0.2, 0.25) is 0 Å². The van der Waals surface area contributed by atoms with E-state index in [1.54, 1.807) is 31.1 Å². The fraction of sp³-hybridized carbons (Fsp3) is 0.304. The van der Waals surface area contributed by atoms with Crippen LogP contribution in [0.15, 0.2) is 59.0 Å². The molecule has 190 valence electrons. The van der Waals surface area contributed by atoms with E-state index >= 15 is 0 Å². The summed E-state index contributed by atoms with van der Waals surface area (Å²) >= 11 is 0. The first-order valence-corrected chi connectivity index (χ1v) is 9.87. The molecule has 35 heavy (non-hydrogen) atoms. The van der Waals surface area contributed by atoms with Gasteiger partial charge in [0, 0.05) is 11.1 Å². The van der Waals surface area contributed by atoms with Crippen molar-refractivity contribution < 1.29 is 49.0 Å². The maximum absolute atomic E-state index is 13.4. The minimum absolute atomic E-state index is 0.00405. The first-order chi connectivity index (χ1) is 16.0. The predicted octanol–water partition coefficient (Wildman–Crippen LogP) is 7.31. The van der Waals surface area contributed by atoms with Gasteiger partial charge in [-0.3, -0.25) is 0 Å². The Bertz CT molecular complexity index is 1140. The largest absolute Gasteiger partial charge is 0.508 e. The SMILES string of the molecule is CN(C)Cc1cc(-c2cccc(O)c2)c(-c2ccc(C(C(F)(F)F)(C(F)(F)F)C(F)(F)F)cc2)o1. The van der Waals surface area contributed by atoms with Crippen molar-refractivity contribution >= 4 is 0 Å². The monoisotopic (exact) mass is 511 g/mol.